The van der Waals surface area contributed by atoms with Crippen LogP contribution >= 0.6 is 0 Å². The molecule has 2 aromatic heterocycles. The molecule has 2 aromatic rings. The highest BCUT2D eigenvalue weighted by atomic mass is 16.5. The first kappa shape index (κ1) is 22.7. The van der Waals surface area contributed by atoms with Crippen molar-refractivity contribution in [2.75, 3.05) is 43.6 Å². The average molecular weight is 448 g/mol. The predicted molar refractivity (Wildman–Crippen MR) is 126 cm³/mol. The van der Waals surface area contributed by atoms with Crippen LogP contribution in [0.3, 0.4) is 0 Å². The van der Waals surface area contributed by atoms with Crippen LogP contribution in [0.5, 0.6) is 0 Å². The second-order valence-corrected chi connectivity index (χ2v) is 8.44. The van der Waals surface area contributed by atoms with Gasteiger partial charge in [0.25, 0.3) is 0 Å². The molecule has 4 rings (SSSR count). The average Bonchev–Trinajstić information content (AvgIpc) is 3.67. The lowest BCUT2D eigenvalue weighted by atomic mass is 10.1. The number of hydrogen-bond acceptors (Lipinski definition) is 8. The molecule has 9 heteroatoms. The summed E-state index contributed by atoms with van der Waals surface area (Å²) in [5, 5.41) is 13.2. The van der Waals surface area contributed by atoms with Crippen molar-refractivity contribution in [1.82, 2.24) is 19.9 Å². The fourth-order valence-corrected chi connectivity index (χ4v) is 4.13. The SMILES string of the molecule is C=Cc1ccnc(Nc2cc(C#N)c(N3CCN(C(=O)CCOC)[C@H](C)C3)nc2C2CC2)n1. The maximum absolute atomic E-state index is 12.5. The van der Waals surface area contributed by atoms with Crippen LogP contribution in [0.1, 0.15) is 49.1 Å². The van der Waals surface area contributed by atoms with Gasteiger partial charge in [0.05, 0.1) is 35.7 Å². The Morgan fingerprint density at radius 2 is 2.21 bits per heavy atom. The summed E-state index contributed by atoms with van der Waals surface area (Å²) in [5.41, 5.74) is 2.91. The van der Waals surface area contributed by atoms with Crippen LogP contribution in [0.2, 0.25) is 0 Å². The number of amides is 1. The molecule has 0 unspecified atom stereocenters. The fourth-order valence-electron chi connectivity index (χ4n) is 4.13. The van der Waals surface area contributed by atoms with Gasteiger partial charge in [0.1, 0.15) is 11.9 Å². The smallest absolute Gasteiger partial charge is 0.227 e. The molecule has 172 valence electrons. The van der Waals surface area contributed by atoms with Crippen LogP contribution in [0.15, 0.2) is 24.9 Å². The van der Waals surface area contributed by atoms with Crippen molar-refractivity contribution in [3.8, 4) is 6.07 Å². The molecule has 1 saturated heterocycles. The van der Waals surface area contributed by atoms with Gasteiger partial charge in [-0.2, -0.15) is 5.26 Å². The largest absolute Gasteiger partial charge is 0.384 e. The summed E-state index contributed by atoms with van der Waals surface area (Å²) < 4.78 is 5.04. The minimum Gasteiger partial charge on any atom is -0.384 e. The number of nitrogens with zero attached hydrogens (tertiary/aromatic N) is 6. The first-order valence-corrected chi connectivity index (χ1v) is 11.2. The molecule has 2 fully saturated rings. The number of nitriles is 1. The van der Waals surface area contributed by atoms with Gasteiger partial charge in [0, 0.05) is 44.9 Å². The molecule has 9 nitrogen and oxygen atoms in total. The third-order valence-corrected chi connectivity index (χ3v) is 6.02. The minimum atomic E-state index is 0.0219. The van der Waals surface area contributed by atoms with Crippen molar-refractivity contribution < 1.29 is 9.53 Å². The summed E-state index contributed by atoms with van der Waals surface area (Å²) in [6.07, 6.45) is 5.85. The molecule has 1 N–H and O–H groups in total. The molecule has 1 aliphatic heterocycles. The molecule has 0 aromatic carbocycles. The lowest BCUT2D eigenvalue weighted by Gasteiger charge is -2.41. The van der Waals surface area contributed by atoms with Gasteiger partial charge in [-0.25, -0.2) is 15.0 Å². The Labute approximate surface area is 194 Å². The van der Waals surface area contributed by atoms with Crippen LogP contribution in [0.25, 0.3) is 6.08 Å². The molecule has 1 atom stereocenters. The number of nitrogens with one attached hydrogen (secondary N) is 1. The van der Waals surface area contributed by atoms with Crippen molar-refractivity contribution in [3.63, 3.8) is 0 Å². The van der Waals surface area contributed by atoms with Crippen molar-refractivity contribution >= 4 is 29.4 Å². The van der Waals surface area contributed by atoms with Gasteiger partial charge in [-0.15, -0.1) is 0 Å². The zero-order chi connectivity index (χ0) is 23.4. The molecule has 0 spiro atoms. The lowest BCUT2D eigenvalue weighted by molar-refractivity contribution is -0.134. The fraction of sp³-hybridized carbons (Fsp3) is 0.458. The van der Waals surface area contributed by atoms with Crippen LogP contribution in [0, 0.1) is 11.3 Å². The first-order valence-electron chi connectivity index (χ1n) is 11.2. The number of aromatic nitrogens is 3. The molecule has 0 radical (unpaired) electrons. The third kappa shape index (κ3) is 5.12. The maximum atomic E-state index is 12.5. The normalized spacial score (nSPS) is 18.0. The summed E-state index contributed by atoms with van der Waals surface area (Å²) in [7, 11) is 1.60. The third-order valence-electron chi connectivity index (χ3n) is 6.02. The number of piperazine rings is 1. The van der Waals surface area contributed by atoms with Crippen LogP contribution in [0.4, 0.5) is 17.5 Å². The van der Waals surface area contributed by atoms with E-state index in [-0.39, 0.29) is 11.9 Å². The second kappa shape index (κ2) is 9.96. The highest BCUT2D eigenvalue weighted by Gasteiger charge is 2.33. The molecule has 1 saturated carbocycles. The summed E-state index contributed by atoms with van der Waals surface area (Å²) in [5.74, 6) is 1.58. The van der Waals surface area contributed by atoms with Crippen LogP contribution in [-0.2, 0) is 9.53 Å². The van der Waals surface area contributed by atoms with E-state index in [1.807, 2.05) is 17.9 Å². The maximum Gasteiger partial charge on any atom is 0.227 e. The molecule has 2 aliphatic rings. The molecular weight excluding hydrogens is 418 g/mol. The number of methoxy groups -OCH3 is 1. The van der Waals surface area contributed by atoms with Crippen LogP contribution < -0.4 is 10.2 Å². The van der Waals surface area contributed by atoms with Crippen LogP contribution in [-0.4, -0.2) is 65.2 Å². The van der Waals surface area contributed by atoms with Crippen molar-refractivity contribution in [2.45, 2.75) is 38.1 Å². The van der Waals surface area contributed by atoms with E-state index in [4.69, 9.17) is 9.72 Å². The Balaban J connectivity index is 1.58. The first-order chi connectivity index (χ1) is 16.0. The predicted octanol–water partition coefficient (Wildman–Crippen LogP) is 3.08. The second-order valence-electron chi connectivity index (χ2n) is 8.44. The van der Waals surface area contributed by atoms with Gasteiger partial charge in [0.2, 0.25) is 11.9 Å². The summed E-state index contributed by atoms with van der Waals surface area (Å²) in [4.78, 5) is 30.2. The van der Waals surface area contributed by atoms with Gasteiger partial charge in [-0.05, 0) is 38.0 Å². The van der Waals surface area contributed by atoms with Gasteiger partial charge < -0.3 is 19.9 Å². The van der Waals surface area contributed by atoms with Crippen molar-refractivity contribution in [2.24, 2.45) is 0 Å². The zero-order valence-electron chi connectivity index (χ0n) is 19.1. The lowest BCUT2D eigenvalue weighted by Crippen LogP contribution is -2.54. The number of carbonyl (C=O) groups excluding carboxylic acids is 1. The van der Waals surface area contributed by atoms with Crippen molar-refractivity contribution in [1.29, 1.82) is 5.26 Å². The number of anilines is 3. The number of carbonyl (C=O) groups is 1. The van der Waals surface area contributed by atoms with E-state index < -0.39 is 0 Å². The van der Waals surface area contributed by atoms with Gasteiger partial charge in [0.15, 0.2) is 0 Å². The summed E-state index contributed by atoms with van der Waals surface area (Å²) in [6, 6.07) is 5.96. The van der Waals surface area contributed by atoms with E-state index in [2.05, 4.69) is 32.8 Å². The quantitative estimate of drug-likeness (QED) is 0.658. The summed E-state index contributed by atoms with van der Waals surface area (Å²) >= 11 is 0. The Morgan fingerprint density at radius 3 is 2.88 bits per heavy atom. The zero-order valence-corrected chi connectivity index (χ0v) is 19.1. The Hall–Kier alpha value is -3.51. The van der Waals surface area contributed by atoms with E-state index in [9.17, 15) is 10.1 Å². The topological polar surface area (TPSA) is 107 Å². The van der Waals surface area contributed by atoms with E-state index in [1.165, 1.54) is 0 Å². The van der Waals surface area contributed by atoms with Gasteiger partial charge in [-0.1, -0.05) is 6.58 Å². The highest BCUT2D eigenvalue weighted by molar-refractivity contribution is 5.77. The van der Waals surface area contributed by atoms with Crippen molar-refractivity contribution in [3.05, 3.63) is 41.9 Å². The number of rotatable bonds is 8. The summed E-state index contributed by atoms with van der Waals surface area (Å²) in [6.45, 7) is 8.06. The minimum absolute atomic E-state index is 0.0219. The monoisotopic (exact) mass is 447 g/mol. The Kier molecular flexibility index (Phi) is 6.84. The molecule has 1 aliphatic carbocycles. The number of ether oxygens (including phenoxy) is 1. The molecule has 1 amide bonds. The highest BCUT2D eigenvalue weighted by Crippen LogP contribution is 2.44. The van der Waals surface area contributed by atoms with Gasteiger partial charge >= 0.3 is 0 Å². The molecule has 3 heterocycles. The van der Waals surface area contributed by atoms with E-state index in [0.29, 0.717) is 55.9 Å². The molecule has 0 bridgehead atoms. The Morgan fingerprint density at radius 1 is 1.39 bits per heavy atom. The Bertz CT molecular complexity index is 1080. The van der Waals surface area contributed by atoms with E-state index in [1.54, 1.807) is 25.4 Å². The van der Waals surface area contributed by atoms with E-state index in [0.717, 1.165) is 29.9 Å². The standard InChI is InChI=1S/C24H29N7O2/c1-4-19-7-9-26-24(27-19)28-20-13-18(14-25)23(29-22(20)17-5-6-17)30-10-11-31(16(2)15-30)21(32)8-12-33-3/h4,7,9,13,16-17H,1,5-6,8,10-12,15H2,2-3H3,(H,26,27,28)/t16-/m1/s1. The molecule has 33 heavy (non-hydrogen) atoms. The number of pyridine rings is 1. The number of hydrogen-bond donors (Lipinski definition) is 1. The van der Waals surface area contributed by atoms with E-state index >= 15 is 0 Å². The molecular formula is C24H29N7O2. The van der Waals surface area contributed by atoms with Gasteiger partial charge in [-0.3, -0.25) is 4.79 Å².